The summed E-state index contributed by atoms with van der Waals surface area (Å²) in [7, 11) is -3.86. The molecule has 44 heavy (non-hydrogen) atoms. The van der Waals surface area contributed by atoms with Gasteiger partial charge in [0.05, 0.1) is 13.2 Å². The van der Waals surface area contributed by atoms with Gasteiger partial charge >= 0.3 is 13.8 Å². The van der Waals surface area contributed by atoms with Crippen LogP contribution in [0.3, 0.4) is 0 Å². The second-order valence-electron chi connectivity index (χ2n) is 12.9. The summed E-state index contributed by atoms with van der Waals surface area (Å²) >= 11 is 0. The Morgan fingerprint density at radius 1 is 0.455 bits per heavy atom. The van der Waals surface area contributed by atoms with Gasteiger partial charge in [-0.05, 0) is 44.9 Å². The van der Waals surface area contributed by atoms with Crippen LogP contribution in [-0.2, 0) is 22.9 Å². The van der Waals surface area contributed by atoms with E-state index in [1.165, 1.54) is 122 Å². The van der Waals surface area contributed by atoms with Gasteiger partial charge in [0.2, 0.25) is 0 Å². The molecule has 0 spiro atoms. The van der Waals surface area contributed by atoms with Crippen LogP contribution in [0.25, 0.3) is 0 Å². The fourth-order valence-corrected chi connectivity index (χ4v) is 6.65. The predicted octanol–water partition coefficient (Wildman–Crippen LogP) is 14.0. The molecule has 0 heterocycles. The average Bonchev–Trinajstić information content (AvgIpc) is 3.01. The molecule has 5 nitrogen and oxygen atoms in total. The smallest absolute Gasteiger partial charge is 0.370 e. The second-order valence-corrected chi connectivity index (χ2v) is 14.5. The summed E-state index contributed by atoms with van der Waals surface area (Å²) in [5.41, 5.74) is 0. The van der Waals surface area contributed by atoms with E-state index in [0.29, 0.717) is 13.2 Å². The fourth-order valence-electron chi connectivity index (χ4n) is 5.42. The molecule has 0 saturated heterocycles. The number of phosphoric acid groups is 1. The lowest BCUT2D eigenvalue weighted by Crippen LogP contribution is -2.09. The van der Waals surface area contributed by atoms with E-state index in [1.54, 1.807) is 0 Å². The maximum atomic E-state index is 13.3. The van der Waals surface area contributed by atoms with Crippen LogP contribution in [0, 0.1) is 0 Å². The fraction of sp³-hybridized carbons (Fsp3) is 0.921. The highest BCUT2D eigenvalue weighted by Gasteiger charge is 2.30. The van der Waals surface area contributed by atoms with E-state index < -0.39 is 13.8 Å². The Morgan fingerprint density at radius 2 is 0.773 bits per heavy atom. The van der Waals surface area contributed by atoms with Gasteiger partial charge in [-0.25, -0.2) is 4.57 Å². The molecule has 0 aliphatic rings. The number of unbranched alkanes of at least 4 members (excludes halogenated alkanes) is 25. The molecule has 0 atom stereocenters. The van der Waals surface area contributed by atoms with Gasteiger partial charge in [-0.3, -0.25) is 13.8 Å². The molecule has 0 aliphatic heterocycles. The van der Waals surface area contributed by atoms with Crippen molar-refractivity contribution in [3.05, 3.63) is 12.2 Å². The van der Waals surface area contributed by atoms with Crippen molar-refractivity contribution in [2.24, 2.45) is 0 Å². The molecule has 0 amide bonds. The van der Waals surface area contributed by atoms with E-state index in [-0.39, 0.29) is 6.42 Å². The second kappa shape index (κ2) is 35.2. The molecule has 0 aromatic heterocycles. The van der Waals surface area contributed by atoms with Crippen LogP contribution in [0.1, 0.15) is 213 Å². The zero-order chi connectivity index (χ0) is 32.2. The molecule has 0 aromatic carbocycles. The van der Waals surface area contributed by atoms with Crippen molar-refractivity contribution in [1.29, 1.82) is 0 Å². The van der Waals surface area contributed by atoms with E-state index in [4.69, 9.17) is 13.6 Å². The lowest BCUT2D eigenvalue weighted by Gasteiger charge is -2.17. The topological polar surface area (TPSA) is 61.8 Å². The first-order valence-electron chi connectivity index (χ1n) is 19.3. The van der Waals surface area contributed by atoms with E-state index in [1.807, 2.05) is 0 Å². The van der Waals surface area contributed by atoms with Crippen molar-refractivity contribution in [2.75, 3.05) is 13.2 Å². The third-order valence-electron chi connectivity index (χ3n) is 8.35. The minimum atomic E-state index is -3.86. The molecule has 262 valence electrons. The molecule has 6 heteroatoms. The molecule has 0 saturated carbocycles. The minimum Gasteiger partial charge on any atom is -0.370 e. The van der Waals surface area contributed by atoms with Crippen molar-refractivity contribution >= 4 is 13.8 Å². The van der Waals surface area contributed by atoms with E-state index in [2.05, 4.69) is 32.9 Å². The Kier molecular flexibility index (Phi) is 34.7. The standard InChI is InChI=1S/C38H75O5P/c1-4-7-10-13-16-19-20-21-22-23-24-25-26-29-32-35-38(39)43-44(40,41-36-33-30-27-17-14-11-8-5-2)42-37-34-31-28-18-15-12-9-6-3/h21-22H,4-20,23-37H2,1-3H3/b22-21-. The van der Waals surface area contributed by atoms with Crippen LogP contribution in [0.5, 0.6) is 0 Å². The molecular formula is C38H75O5P. The molecule has 0 radical (unpaired) electrons. The molecule has 0 aromatic rings. The number of carbonyl (C=O) groups is 1. The van der Waals surface area contributed by atoms with Crippen LogP contribution in [0.2, 0.25) is 0 Å². The molecule has 0 aliphatic carbocycles. The molecule has 0 N–H and O–H groups in total. The molecule has 0 rings (SSSR count). The third-order valence-corrected chi connectivity index (χ3v) is 9.78. The van der Waals surface area contributed by atoms with Gasteiger partial charge in [-0.2, -0.15) is 0 Å². The maximum Gasteiger partial charge on any atom is 0.532 e. The number of hydrogen-bond donors (Lipinski definition) is 0. The van der Waals surface area contributed by atoms with Crippen LogP contribution in [-0.4, -0.2) is 19.2 Å². The number of phosphoric ester groups is 1. The van der Waals surface area contributed by atoms with Gasteiger partial charge in [0, 0.05) is 6.42 Å². The van der Waals surface area contributed by atoms with E-state index in [9.17, 15) is 9.36 Å². The van der Waals surface area contributed by atoms with Crippen molar-refractivity contribution in [2.45, 2.75) is 213 Å². The Morgan fingerprint density at radius 3 is 1.16 bits per heavy atom. The first-order valence-corrected chi connectivity index (χ1v) is 20.8. The van der Waals surface area contributed by atoms with Gasteiger partial charge in [0.15, 0.2) is 0 Å². The highest BCUT2D eigenvalue weighted by Crippen LogP contribution is 2.50. The van der Waals surface area contributed by atoms with E-state index >= 15 is 0 Å². The van der Waals surface area contributed by atoms with Gasteiger partial charge in [0.25, 0.3) is 0 Å². The Labute approximate surface area is 275 Å². The summed E-state index contributed by atoms with van der Waals surface area (Å²) in [5.74, 6) is -0.460. The van der Waals surface area contributed by atoms with Crippen LogP contribution < -0.4 is 0 Å². The zero-order valence-electron chi connectivity index (χ0n) is 29.8. The maximum absolute atomic E-state index is 13.3. The van der Waals surface area contributed by atoms with Crippen molar-refractivity contribution in [1.82, 2.24) is 0 Å². The summed E-state index contributed by atoms with van der Waals surface area (Å²) in [6.07, 6.45) is 39.5. The monoisotopic (exact) mass is 643 g/mol. The summed E-state index contributed by atoms with van der Waals surface area (Å²) in [5, 5.41) is 0. The predicted molar refractivity (Wildman–Crippen MR) is 190 cm³/mol. The number of rotatable bonds is 36. The zero-order valence-corrected chi connectivity index (χ0v) is 30.7. The largest absolute Gasteiger partial charge is 0.532 e. The van der Waals surface area contributed by atoms with Crippen molar-refractivity contribution in [3.63, 3.8) is 0 Å². The van der Waals surface area contributed by atoms with Gasteiger partial charge in [-0.1, -0.05) is 174 Å². The molecule has 0 unspecified atom stereocenters. The number of carbonyl (C=O) groups excluding carboxylic acids is 1. The van der Waals surface area contributed by atoms with E-state index in [0.717, 1.165) is 64.2 Å². The summed E-state index contributed by atoms with van der Waals surface area (Å²) in [6.45, 7) is 7.35. The van der Waals surface area contributed by atoms with Crippen molar-refractivity contribution in [3.8, 4) is 0 Å². The van der Waals surface area contributed by atoms with Gasteiger partial charge in [0.1, 0.15) is 0 Å². The first kappa shape index (κ1) is 43.4. The summed E-state index contributed by atoms with van der Waals surface area (Å²) < 4.78 is 29.9. The minimum absolute atomic E-state index is 0.268. The summed E-state index contributed by atoms with van der Waals surface area (Å²) in [4.78, 5) is 12.5. The quantitative estimate of drug-likeness (QED) is 0.0386. The highest BCUT2D eigenvalue weighted by atomic mass is 31.2. The Balaban J connectivity index is 4.16. The summed E-state index contributed by atoms with van der Waals surface area (Å²) in [6, 6.07) is 0. The first-order chi connectivity index (χ1) is 21.6. The SMILES string of the molecule is CCCCCCCC/C=C\CCCCCCCC(=O)OP(=O)(OCCCCCCCCCC)OCCCCCCCCCC. The lowest BCUT2D eigenvalue weighted by molar-refractivity contribution is -0.136. The van der Waals surface area contributed by atoms with Gasteiger partial charge in [-0.15, -0.1) is 0 Å². The Bertz CT molecular complexity index is 640. The van der Waals surface area contributed by atoms with Crippen LogP contribution in [0.4, 0.5) is 0 Å². The van der Waals surface area contributed by atoms with Crippen LogP contribution >= 0.6 is 7.82 Å². The lowest BCUT2D eigenvalue weighted by atomic mass is 10.1. The molecular weight excluding hydrogens is 567 g/mol. The number of hydrogen-bond acceptors (Lipinski definition) is 5. The normalized spacial score (nSPS) is 12.0. The number of allylic oxidation sites excluding steroid dienone is 2. The third kappa shape index (κ3) is 32.7. The average molecular weight is 643 g/mol. The molecule has 0 bridgehead atoms. The molecule has 0 fully saturated rings. The highest BCUT2D eigenvalue weighted by molar-refractivity contribution is 7.49. The Hall–Kier alpha value is -0.640. The van der Waals surface area contributed by atoms with Crippen molar-refractivity contribution < 1.29 is 22.9 Å². The van der Waals surface area contributed by atoms with Gasteiger partial charge < -0.3 is 4.52 Å². The van der Waals surface area contributed by atoms with Crippen LogP contribution in [0.15, 0.2) is 12.2 Å².